The summed E-state index contributed by atoms with van der Waals surface area (Å²) in [4.78, 5) is 22.0. The number of aliphatic imine (C=N–C) groups is 1. The molecular weight excluding hydrogens is 398 g/mol. The van der Waals surface area contributed by atoms with Crippen LogP contribution >= 0.6 is 11.8 Å². The molecule has 30 heavy (non-hydrogen) atoms. The Kier molecular flexibility index (Phi) is 6.40. The number of amidine groups is 1. The number of thioether (sulfide) groups is 1. The average Bonchev–Trinajstić information content (AvgIpc) is 3.15. The molecule has 0 aromatic heterocycles. The van der Waals surface area contributed by atoms with E-state index in [1.807, 2.05) is 30.3 Å². The molecule has 0 bridgehead atoms. The molecule has 7 heteroatoms. The highest BCUT2D eigenvalue weighted by Crippen LogP contribution is 2.34. The average molecular weight is 424 g/mol. The number of nitrogens with zero attached hydrogens (tertiary/aromatic N) is 3. The summed E-state index contributed by atoms with van der Waals surface area (Å²) in [5, 5.41) is 0.785. The Morgan fingerprint density at radius 1 is 1.03 bits per heavy atom. The minimum Gasteiger partial charge on any atom is -0.497 e. The third-order valence-corrected chi connectivity index (χ3v) is 6.27. The van der Waals surface area contributed by atoms with Crippen LogP contribution in [-0.2, 0) is 11.3 Å². The molecule has 0 saturated carbocycles. The zero-order valence-corrected chi connectivity index (χ0v) is 18.0. The van der Waals surface area contributed by atoms with E-state index in [0.717, 1.165) is 43.5 Å². The van der Waals surface area contributed by atoms with Gasteiger partial charge in [-0.2, -0.15) is 4.99 Å². The van der Waals surface area contributed by atoms with E-state index in [2.05, 4.69) is 39.1 Å². The van der Waals surface area contributed by atoms with E-state index in [0.29, 0.717) is 16.4 Å². The van der Waals surface area contributed by atoms with Gasteiger partial charge in [-0.1, -0.05) is 30.3 Å². The molecule has 0 unspecified atom stereocenters. The van der Waals surface area contributed by atoms with Crippen molar-refractivity contribution in [3.63, 3.8) is 0 Å². The Balaban J connectivity index is 1.39. The first-order valence-electron chi connectivity index (χ1n) is 9.92. The van der Waals surface area contributed by atoms with Gasteiger partial charge in [-0.25, -0.2) is 0 Å². The van der Waals surface area contributed by atoms with Crippen LogP contribution in [0, 0.1) is 0 Å². The first-order chi connectivity index (χ1) is 14.7. The number of carbonyl (C=O) groups is 1. The van der Waals surface area contributed by atoms with Crippen molar-refractivity contribution in [1.29, 1.82) is 0 Å². The van der Waals surface area contributed by atoms with Crippen molar-refractivity contribution >= 4 is 28.9 Å². The van der Waals surface area contributed by atoms with Gasteiger partial charge in [0.15, 0.2) is 5.17 Å². The fourth-order valence-electron chi connectivity index (χ4n) is 3.57. The van der Waals surface area contributed by atoms with Crippen LogP contribution in [0.5, 0.6) is 11.5 Å². The molecule has 0 aliphatic carbocycles. The highest BCUT2D eigenvalue weighted by molar-refractivity contribution is 8.18. The molecule has 2 aromatic rings. The summed E-state index contributed by atoms with van der Waals surface area (Å²) < 4.78 is 10.7. The van der Waals surface area contributed by atoms with Gasteiger partial charge in [0.05, 0.1) is 19.1 Å². The number of rotatable bonds is 5. The Morgan fingerprint density at radius 2 is 1.80 bits per heavy atom. The van der Waals surface area contributed by atoms with E-state index in [9.17, 15) is 4.79 Å². The van der Waals surface area contributed by atoms with E-state index in [-0.39, 0.29) is 5.91 Å². The lowest BCUT2D eigenvalue weighted by atomic mass is 10.1. The van der Waals surface area contributed by atoms with Crippen molar-refractivity contribution in [3.8, 4) is 11.5 Å². The molecule has 0 N–H and O–H groups in total. The van der Waals surface area contributed by atoms with E-state index in [1.54, 1.807) is 14.2 Å². The topological polar surface area (TPSA) is 54.4 Å². The van der Waals surface area contributed by atoms with Crippen molar-refractivity contribution in [2.45, 2.75) is 6.54 Å². The largest absolute Gasteiger partial charge is 0.497 e. The highest BCUT2D eigenvalue weighted by Gasteiger charge is 2.28. The van der Waals surface area contributed by atoms with Crippen LogP contribution in [-0.4, -0.2) is 61.3 Å². The van der Waals surface area contributed by atoms with Crippen LogP contribution < -0.4 is 9.47 Å². The van der Waals surface area contributed by atoms with Crippen LogP contribution in [0.25, 0.3) is 6.08 Å². The standard InChI is InChI=1S/C23H25N3O3S/c1-28-19-8-9-20(29-2)18(14-19)15-21-22(27)24-23(30-21)26-12-10-25(11-13-26)16-17-6-4-3-5-7-17/h3-9,14-15H,10-13,16H2,1-2H3/b21-15-. The smallest absolute Gasteiger partial charge is 0.286 e. The van der Waals surface area contributed by atoms with Crippen molar-refractivity contribution < 1.29 is 14.3 Å². The number of benzene rings is 2. The van der Waals surface area contributed by atoms with Crippen LogP contribution in [0.1, 0.15) is 11.1 Å². The fraction of sp³-hybridized carbons (Fsp3) is 0.304. The summed E-state index contributed by atoms with van der Waals surface area (Å²) in [6.45, 7) is 4.58. The summed E-state index contributed by atoms with van der Waals surface area (Å²) in [6.07, 6.45) is 1.83. The number of piperazine rings is 1. The third kappa shape index (κ3) is 4.68. The predicted octanol–water partition coefficient (Wildman–Crippen LogP) is 3.49. The maximum atomic E-state index is 12.5. The number of carbonyl (C=O) groups excluding carboxylic acids is 1. The van der Waals surface area contributed by atoms with Crippen LogP contribution in [0.2, 0.25) is 0 Å². The molecule has 156 valence electrons. The summed E-state index contributed by atoms with van der Waals surface area (Å²) >= 11 is 1.43. The van der Waals surface area contributed by atoms with Crippen molar-refractivity contribution in [2.75, 3.05) is 40.4 Å². The van der Waals surface area contributed by atoms with E-state index in [1.165, 1.54) is 17.3 Å². The van der Waals surface area contributed by atoms with Gasteiger partial charge in [0.25, 0.3) is 5.91 Å². The number of amides is 1. The highest BCUT2D eigenvalue weighted by atomic mass is 32.2. The lowest BCUT2D eigenvalue weighted by Gasteiger charge is -2.35. The van der Waals surface area contributed by atoms with Gasteiger partial charge in [0.1, 0.15) is 11.5 Å². The van der Waals surface area contributed by atoms with Gasteiger partial charge in [-0.15, -0.1) is 0 Å². The normalized spacial score (nSPS) is 18.6. The van der Waals surface area contributed by atoms with E-state index < -0.39 is 0 Å². The Morgan fingerprint density at radius 3 is 2.50 bits per heavy atom. The molecule has 0 radical (unpaired) electrons. The molecule has 2 aliphatic rings. The summed E-state index contributed by atoms with van der Waals surface area (Å²) in [5.74, 6) is 1.21. The van der Waals surface area contributed by atoms with Gasteiger partial charge >= 0.3 is 0 Å². The quantitative estimate of drug-likeness (QED) is 0.687. The maximum absolute atomic E-state index is 12.5. The Labute approximate surface area is 181 Å². The number of ether oxygens (including phenoxy) is 2. The van der Waals surface area contributed by atoms with Crippen LogP contribution in [0.3, 0.4) is 0 Å². The lowest BCUT2D eigenvalue weighted by Crippen LogP contribution is -2.47. The molecule has 2 aliphatic heterocycles. The second-order valence-corrected chi connectivity index (χ2v) is 8.18. The van der Waals surface area contributed by atoms with Crippen LogP contribution in [0.15, 0.2) is 58.4 Å². The van der Waals surface area contributed by atoms with Gasteiger partial charge in [0.2, 0.25) is 0 Å². The Hall–Kier alpha value is -2.77. The van der Waals surface area contributed by atoms with Crippen molar-refractivity contribution in [2.24, 2.45) is 4.99 Å². The molecule has 2 aromatic carbocycles. The lowest BCUT2D eigenvalue weighted by molar-refractivity contribution is -0.113. The first-order valence-corrected chi connectivity index (χ1v) is 10.7. The summed E-state index contributed by atoms with van der Waals surface area (Å²) in [5.41, 5.74) is 2.13. The van der Waals surface area contributed by atoms with Crippen LogP contribution in [0.4, 0.5) is 0 Å². The van der Waals surface area contributed by atoms with Gasteiger partial charge in [-0.3, -0.25) is 9.69 Å². The van der Waals surface area contributed by atoms with Crippen molar-refractivity contribution in [1.82, 2.24) is 9.80 Å². The maximum Gasteiger partial charge on any atom is 0.286 e. The second-order valence-electron chi connectivity index (χ2n) is 7.17. The summed E-state index contributed by atoms with van der Waals surface area (Å²) in [7, 11) is 3.23. The number of methoxy groups -OCH3 is 2. The van der Waals surface area contributed by atoms with Gasteiger partial charge in [-0.05, 0) is 41.6 Å². The Bertz CT molecular complexity index is 967. The number of hydrogen-bond donors (Lipinski definition) is 0. The fourth-order valence-corrected chi connectivity index (χ4v) is 4.52. The molecular formula is C23H25N3O3S. The molecule has 1 amide bonds. The SMILES string of the molecule is COc1ccc(OC)c(/C=C2\SC(N3CCN(Cc4ccccc4)CC3)=NC2=O)c1. The van der Waals surface area contributed by atoms with Gasteiger partial charge < -0.3 is 14.4 Å². The van der Waals surface area contributed by atoms with Gasteiger partial charge in [0, 0.05) is 38.3 Å². The monoisotopic (exact) mass is 423 g/mol. The molecule has 2 heterocycles. The minimum absolute atomic E-state index is 0.202. The minimum atomic E-state index is -0.202. The second kappa shape index (κ2) is 9.36. The first kappa shape index (κ1) is 20.5. The van der Waals surface area contributed by atoms with E-state index >= 15 is 0 Å². The molecule has 4 rings (SSSR count). The zero-order valence-electron chi connectivity index (χ0n) is 17.2. The molecule has 1 saturated heterocycles. The molecule has 0 spiro atoms. The molecule has 0 atom stereocenters. The molecule has 6 nitrogen and oxygen atoms in total. The van der Waals surface area contributed by atoms with E-state index in [4.69, 9.17) is 9.47 Å². The third-order valence-electron chi connectivity index (χ3n) is 5.22. The molecule has 1 fully saturated rings. The number of hydrogen-bond acceptors (Lipinski definition) is 6. The summed E-state index contributed by atoms with van der Waals surface area (Å²) in [6, 6.07) is 16.0. The predicted molar refractivity (Wildman–Crippen MR) is 121 cm³/mol. The zero-order chi connectivity index (χ0) is 20.9. The van der Waals surface area contributed by atoms with Crippen molar-refractivity contribution in [3.05, 3.63) is 64.6 Å².